The smallest absolute Gasteiger partial charge is 0.324 e. The summed E-state index contributed by atoms with van der Waals surface area (Å²) in [5.41, 5.74) is 40.0. The molecule has 16 N–H and O–H groups in total. The zero-order chi connectivity index (χ0) is 94.0. The van der Waals surface area contributed by atoms with Gasteiger partial charge in [-0.3, -0.25) is 46.2 Å². The molecule has 19 rings (SSSR count). The monoisotopic (exact) mass is 1870 g/mol. The van der Waals surface area contributed by atoms with Crippen LogP contribution in [0.5, 0.6) is 0 Å². The van der Waals surface area contributed by atoms with Crippen LogP contribution in [0.15, 0.2) is 262 Å². The van der Waals surface area contributed by atoms with E-state index in [1.807, 2.05) is 207 Å². The first-order chi connectivity index (χ1) is 65.6. The van der Waals surface area contributed by atoms with Crippen LogP contribution < -0.4 is 65.5 Å². The molecule has 2 saturated carbocycles. The number of fused-ring (bicyclic) bond motifs is 4. The summed E-state index contributed by atoms with van der Waals surface area (Å²) in [5, 5.41) is 27.7. The number of nitrogen functional groups attached to an aromatic ring is 4. The summed E-state index contributed by atoms with van der Waals surface area (Å²) in [6.45, 7) is 10.4. The van der Waals surface area contributed by atoms with Crippen molar-refractivity contribution in [2.45, 2.75) is 52.9 Å². The Labute approximate surface area is 796 Å². The number of aromatic nitrogens is 13. The van der Waals surface area contributed by atoms with Crippen molar-refractivity contribution in [1.29, 1.82) is 0 Å². The summed E-state index contributed by atoms with van der Waals surface area (Å²) >= 11 is 26.2. The second-order valence-electron chi connectivity index (χ2n) is 31.8. The lowest BCUT2D eigenvalue weighted by Gasteiger charge is -2.25. The molecule has 34 heteroatoms. The number of aryl methyl sites for hydroxylation is 1. The van der Waals surface area contributed by atoms with Gasteiger partial charge in [-0.25, -0.2) is 59.0 Å². The van der Waals surface area contributed by atoms with Gasteiger partial charge in [0.05, 0.1) is 99.6 Å². The average molecular weight is 1880 g/mol. The first kappa shape index (κ1) is 92.5. The minimum Gasteiger partial charge on any atom is -0.381 e. The molecule has 2 fully saturated rings. The highest BCUT2D eigenvalue weighted by Crippen LogP contribution is 2.42. The van der Waals surface area contributed by atoms with E-state index in [1.54, 1.807) is 61.3 Å². The van der Waals surface area contributed by atoms with Crippen LogP contribution in [0.3, 0.4) is 0 Å². The van der Waals surface area contributed by atoms with Crippen LogP contribution in [0.1, 0.15) is 51.6 Å². The summed E-state index contributed by atoms with van der Waals surface area (Å²) in [4.78, 5) is 111. The number of nitrogens with two attached hydrogens (primary N) is 4. The topological polar surface area (TPSA) is 439 Å². The number of hydrogen-bond acceptors (Lipinski definition) is 22. The molecule has 0 unspecified atom stereocenters. The predicted octanol–water partition coefficient (Wildman–Crippen LogP) is 21.6. The third-order valence-corrected chi connectivity index (χ3v) is 23.5. The Balaban J connectivity index is 0.000000131. The van der Waals surface area contributed by atoms with Gasteiger partial charge in [-0.15, -0.1) is 0 Å². The van der Waals surface area contributed by atoms with Gasteiger partial charge in [-0.2, -0.15) is 0 Å². The van der Waals surface area contributed by atoms with Gasteiger partial charge in [-0.05, 0) is 142 Å². The molecule has 135 heavy (non-hydrogen) atoms. The largest absolute Gasteiger partial charge is 0.381 e. The van der Waals surface area contributed by atoms with E-state index in [9.17, 15) is 19.2 Å². The quantitative estimate of drug-likeness (QED) is 0.0300. The van der Waals surface area contributed by atoms with E-state index in [0.29, 0.717) is 130 Å². The van der Waals surface area contributed by atoms with E-state index < -0.39 is 12.1 Å². The van der Waals surface area contributed by atoms with Crippen LogP contribution >= 0.6 is 46.4 Å². The lowest BCUT2D eigenvalue weighted by Crippen LogP contribution is -2.37. The summed E-state index contributed by atoms with van der Waals surface area (Å²) < 4.78 is 0. The van der Waals surface area contributed by atoms with Crippen LogP contribution in [0.2, 0.25) is 20.1 Å². The number of amides is 8. The fraction of sp³-hybridized carbons (Fsp3) is 0.158. The maximum absolute atomic E-state index is 12.6. The Bertz CT molecular complexity index is 7200. The van der Waals surface area contributed by atoms with Gasteiger partial charge in [0, 0.05) is 123 Å². The van der Waals surface area contributed by atoms with E-state index in [4.69, 9.17) is 89.3 Å². The molecule has 678 valence electrons. The number of hydrogen-bond donors (Lipinski definition) is 12. The molecule has 2 aliphatic rings. The van der Waals surface area contributed by atoms with Crippen molar-refractivity contribution in [3.8, 4) is 90.1 Å². The Morgan fingerprint density at radius 2 is 0.630 bits per heavy atom. The van der Waals surface area contributed by atoms with Gasteiger partial charge < -0.3 is 49.1 Å². The van der Waals surface area contributed by atoms with Crippen molar-refractivity contribution in [3.05, 3.63) is 287 Å². The minimum absolute atomic E-state index is 0.0818. The van der Waals surface area contributed by atoms with Crippen molar-refractivity contribution in [2.24, 2.45) is 11.8 Å². The molecule has 0 atom stereocenters. The van der Waals surface area contributed by atoms with E-state index in [1.165, 1.54) is 6.42 Å². The molecule has 9 heterocycles. The average Bonchev–Trinajstić information content (AvgIpc) is 1.74. The number of carbonyl (C=O) groups is 4. The SMILES string of the molecule is CCN(CC)CCNC(=O)Nc1nc(-c2cc(Cl)c3ncccc3c2)c(-c2ccccc2)nc1N.Cc1ccc(NC(=O)Nc2nc(-c3cc(Cl)c4ncccc4c3)c(-c3ccccc3)nc2N)cn1.Nc1nc(-c2ccccc2)c(-c2cc(Cl)c3ncccc3c2)nc1NC(=O)NCC1CC1.Nc1nc(-c2ccccc2)c(-c2cc(Cl)c3ncccc3c2)nc1NC(=O)NCC1CCC1. The molecule has 17 aromatic rings. The van der Waals surface area contributed by atoms with Gasteiger partial charge in [-0.1, -0.05) is 212 Å². The predicted molar refractivity (Wildman–Crippen MR) is 541 cm³/mol. The Hall–Kier alpha value is -15.7. The lowest BCUT2D eigenvalue weighted by molar-refractivity contribution is 0.243. The van der Waals surface area contributed by atoms with Gasteiger partial charge in [0.1, 0.15) is 0 Å². The Morgan fingerprint density at radius 1 is 0.333 bits per heavy atom. The highest BCUT2D eigenvalue weighted by atomic mass is 35.5. The number of halogens is 4. The highest BCUT2D eigenvalue weighted by molar-refractivity contribution is 6.37. The number of pyridine rings is 5. The van der Waals surface area contributed by atoms with Gasteiger partial charge in [0.2, 0.25) is 0 Å². The molecule has 0 spiro atoms. The van der Waals surface area contributed by atoms with Gasteiger partial charge in [0.25, 0.3) is 0 Å². The summed E-state index contributed by atoms with van der Waals surface area (Å²) in [7, 11) is 0. The molecule has 0 radical (unpaired) electrons. The Morgan fingerprint density at radius 3 is 0.911 bits per heavy atom. The first-order valence-corrected chi connectivity index (χ1v) is 45.1. The number of benzene rings is 8. The molecular formula is C101H92Cl4N26O4. The summed E-state index contributed by atoms with van der Waals surface area (Å²) in [6, 6.07) is 70.6. The zero-order valence-corrected chi connectivity index (χ0v) is 76.5. The standard InChI is InChI=1S/C26H20ClN7O.C26H28ClN7O.C25H23ClN6O.C24H21ClN6O/c1-15-9-10-19(14-30-15)31-26(35)34-25-24(28)32-22(16-6-3-2-4-7-16)23(33-25)18-12-17-8-5-11-29-21(17)20(27)13-18;1-3-34(4-2)14-13-30-26(35)33-25-24(28)31-22(17-9-6-5-7-10-17)23(32-25)19-15-18-11-8-12-29-21(18)20(27)16-19;26-19-13-18(12-17-10-5-11-28-20(17)19)22-21(16-8-2-1-3-9-16)30-23(27)24(31-22)32-25(33)29-14-15-6-4-7-15;25-18-12-17(11-16-7-4-10-27-19(16)18)21-20(15-5-2-1-3-6-15)29-22(26)23(30-21)31-24(32)28-13-14-8-9-14/h2-14H,1H3,(H2,28,32)(H2,31,33,34,35);5-12,15-16H,3-4,13-14H2,1-2H3,(H2,28,31)(H2,30,32,33,35);1-3,5,8-13,15H,4,6-7,14H2,(H2,27,30)(H2,29,31,32,33);1-7,10-12,14H,8-9,13H2,(H2,26,29)(H2,28,30,31,32). The minimum atomic E-state index is -0.518. The van der Waals surface area contributed by atoms with E-state index >= 15 is 0 Å². The fourth-order valence-electron chi connectivity index (χ4n) is 14.9. The highest BCUT2D eigenvalue weighted by Gasteiger charge is 2.27. The molecule has 8 aromatic carbocycles. The third kappa shape index (κ3) is 23.1. The van der Waals surface area contributed by atoms with Crippen molar-refractivity contribution in [1.82, 2.24) is 85.6 Å². The molecule has 30 nitrogen and oxygen atoms in total. The van der Waals surface area contributed by atoms with Gasteiger partial charge >= 0.3 is 24.1 Å². The van der Waals surface area contributed by atoms with Gasteiger partial charge in [0.15, 0.2) is 46.5 Å². The third-order valence-electron chi connectivity index (χ3n) is 22.3. The Kier molecular flexibility index (Phi) is 29.5. The second kappa shape index (κ2) is 43.1. The number of anilines is 9. The maximum Gasteiger partial charge on any atom is 0.324 e. The van der Waals surface area contributed by atoms with Crippen LogP contribution in [0, 0.1) is 18.8 Å². The van der Waals surface area contributed by atoms with E-state index in [0.717, 1.165) is 112 Å². The number of rotatable bonds is 22. The van der Waals surface area contributed by atoms with E-state index in [2.05, 4.69) is 106 Å². The zero-order valence-electron chi connectivity index (χ0n) is 73.5. The maximum atomic E-state index is 12.6. The van der Waals surface area contributed by atoms with Crippen molar-refractivity contribution < 1.29 is 19.2 Å². The lowest BCUT2D eigenvalue weighted by atomic mass is 9.85. The van der Waals surface area contributed by atoms with E-state index in [-0.39, 0.29) is 58.6 Å². The van der Waals surface area contributed by atoms with Crippen LogP contribution in [0.4, 0.5) is 71.4 Å². The van der Waals surface area contributed by atoms with Crippen molar-refractivity contribution in [3.63, 3.8) is 0 Å². The van der Waals surface area contributed by atoms with Crippen molar-refractivity contribution in [2.75, 3.05) is 88.8 Å². The van der Waals surface area contributed by atoms with Crippen LogP contribution in [-0.4, -0.2) is 133 Å². The molecule has 0 bridgehead atoms. The number of carbonyl (C=O) groups excluding carboxylic acids is 4. The number of nitrogens with zero attached hydrogens (tertiary/aromatic N) is 14. The number of likely N-dealkylation sites (N-methyl/N-ethyl adjacent to an activating group) is 1. The van der Waals surface area contributed by atoms with Crippen LogP contribution in [-0.2, 0) is 0 Å². The molecule has 9 aromatic heterocycles. The van der Waals surface area contributed by atoms with Crippen LogP contribution in [0.25, 0.3) is 134 Å². The summed E-state index contributed by atoms with van der Waals surface area (Å²) in [5.74, 6) is 2.32. The summed E-state index contributed by atoms with van der Waals surface area (Å²) in [6.07, 6.45) is 14.2. The molecule has 8 amide bonds. The molecule has 0 saturated heterocycles. The second-order valence-corrected chi connectivity index (χ2v) is 33.4. The molecule has 0 aliphatic heterocycles. The van der Waals surface area contributed by atoms with Crippen molar-refractivity contribution >= 4 is 166 Å². The normalized spacial score (nSPS) is 12.1. The first-order valence-electron chi connectivity index (χ1n) is 43.6. The number of nitrogens with one attached hydrogen (secondary N) is 8. The molecular weight excluding hydrogens is 1780 g/mol. The molecule has 2 aliphatic carbocycles. The number of urea groups is 4. The fourth-order valence-corrected chi connectivity index (χ4v) is 16.0.